The van der Waals surface area contributed by atoms with Crippen molar-refractivity contribution in [3.8, 4) is 0 Å². The number of carboxylic acids is 2. The van der Waals surface area contributed by atoms with Gasteiger partial charge in [0.1, 0.15) is 12.7 Å². The Labute approximate surface area is 307 Å². The van der Waals surface area contributed by atoms with Crippen LogP contribution >= 0.6 is 0 Å². The summed E-state index contributed by atoms with van der Waals surface area (Å²) in [5.74, 6) is -1.03. The number of carbonyl (C=O) groups excluding carboxylic acids is 2. The number of carboxylic acid groups (broad SMARTS) is 2. The zero-order chi connectivity index (χ0) is 35.3. The van der Waals surface area contributed by atoms with E-state index in [0.717, 1.165) is 45.3 Å². The van der Waals surface area contributed by atoms with Gasteiger partial charge in [-0.3, -0.25) is 9.68 Å². The summed E-state index contributed by atoms with van der Waals surface area (Å²) in [4.78, 5) is 52.9. The average molecular weight is 792 g/mol. The predicted octanol–water partition coefficient (Wildman–Crippen LogP) is -0.108. The van der Waals surface area contributed by atoms with Crippen molar-refractivity contribution < 1.29 is 67.4 Å². The Balaban J connectivity index is 0.000000738. The van der Waals surface area contributed by atoms with Crippen LogP contribution in [0.2, 0.25) is 0 Å². The second-order valence-corrected chi connectivity index (χ2v) is 9.10. The van der Waals surface area contributed by atoms with E-state index >= 15 is 0 Å². The molecule has 0 amide bonds. The molecule has 0 aliphatic heterocycles. The maximum Gasteiger partial charge on any atom is 2.00 e. The number of rotatable bonds is 8. The predicted molar refractivity (Wildman–Crippen MR) is 177 cm³/mol. The van der Waals surface area contributed by atoms with Gasteiger partial charge in [-0.15, -0.1) is 0 Å². The molecule has 0 saturated heterocycles. The molecule has 0 fully saturated rings. The van der Waals surface area contributed by atoms with Gasteiger partial charge in [0.25, 0.3) is 0 Å². The number of hydrogen-bond acceptors (Lipinski definition) is 15. The molecule has 0 unspecified atom stereocenters. The van der Waals surface area contributed by atoms with Gasteiger partial charge >= 0.3 is 27.3 Å². The Morgan fingerprint density at radius 1 is 0.660 bits per heavy atom. The van der Waals surface area contributed by atoms with E-state index < -0.39 is 11.9 Å². The molecule has 0 spiro atoms. The second kappa shape index (κ2) is 24.9. The fourth-order valence-electron chi connectivity index (χ4n) is 3.90. The van der Waals surface area contributed by atoms with Gasteiger partial charge in [-0.05, 0) is 25.0 Å². The zero-order valence-electron chi connectivity index (χ0n) is 28.3. The Morgan fingerprint density at radius 3 is 1.28 bits per heavy atom. The Kier molecular flexibility index (Phi) is 22.3. The number of aromatic nitrogens is 8. The summed E-state index contributed by atoms with van der Waals surface area (Å²) in [5.41, 5.74) is 10.7. The molecule has 4 heterocycles. The number of hydrogen-bond donors (Lipinski definition) is 3. The van der Waals surface area contributed by atoms with Crippen LogP contribution in [-0.2, 0) is 65.1 Å². The van der Waals surface area contributed by atoms with Crippen LogP contribution < -0.4 is 21.2 Å². The summed E-state index contributed by atoms with van der Waals surface area (Å²) in [5, 5.41) is 24.8. The van der Waals surface area contributed by atoms with Crippen molar-refractivity contribution in [3.05, 3.63) is 97.1 Å². The standard InChI is InChI=1S/2C13H13N5O.2C2H4O2.CH4O.Cd.H2O/c2*1-19-17-12-11-13(15-8-14-12)18(9-16-11)7-10-5-3-2-4-6-10;2*1-2(3)4;1-2;;/h2*2-6,8-9H,7H2,1H3,(H,14,15,17);2*1H3,(H,3,4);2H,1H3;;1H2/q;;;;;+2;/p-1. The molecular formula is C31H39CdN10O8+. The normalized spacial score (nSPS) is 9.32. The van der Waals surface area contributed by atoms with Gasteiger partial charge in [-0.2, -0.15) is 0 Å². The van der Waals surface area contributed by atoms with E-state index in [9.17, 15) is 0 Å². The van der Waals surface area contributed by atoms with Crippen molar-refractivity contribution in [1.82, 2.24) is 39.0 Å². The number of benzene rings is 2. The maximum atomic E-state index is 8.89. The third-order valence-electron chi connectivity index (χ3n) is 5.59. The van der Waals surface area contributed by atoms with E-state index in [1.165, 1.54) is 38.0 Å². The van der Waals surface area contributed by atoms with Crippen LogP contribution in [0.15, 0.2) is 86.0 Å². The molecular weight excluding hydrogens is 753 g/mol. The minimum absolute atomic E-state index is 0. The molecule has 0 aliphatic rings. The summed E-state index contributed by atoms with van der Waals surface area (Å²) < 4.78 is 3.96. The molecule has 0 aliphatic carbocycles. The van der Waals surface area contributed by atoms with E-state index in [2.05, 4.69) is 65.1 Å². The monoisotopic (exact) mass is 793 g/mol. The van der Waals surface area contributed by atoms with E-state index in [1.807, 2.05) is 45.5 Å². The summed E-state index contributed by atoms with van der Waals surface area (Å²) in [6.07, 6.45) is 6.50. The van der Waals surface area contributed by atoms with Crippen LogP contribution in [0, 0.1) is 0 Å². The van der Waals surface area contributed by atoms with Crippen LogP contribution in [0.1, 0.15) is 25.0 Å². The van der Waals surface area contributed by atoms with Crippen molar-refractivity contribution in [1.29, 1.82) is 0 Å². The summed E-state index contributed by atoms with van der Waals surface area (Å²) in [6, 6.07) is 20.3. The first-order valence-electron chi connectivity index (χ1n) is 14.0. The fourth-order valence-corrected chi connectivity index (χ4v) is 3.90. The van der Waals surface area contributed by atoms with Gasteiger partial charge in [-0.1, -0.05) is 60.7 Å². The molecule has 4 aromatic heterocycles. The van der Waals surface area contributed by atoms with Gasteiger partial charge in [0.2, 0.25) is 0 Å². The SMILES string of the molecule is CC(=O)[O-].CC(=O)[O-].CO.CONc1ncnc2c1ncn2Cc1ccccc1.CONc1ncnc2c1ncn2Cc1ccccc1.[Cd+2].[OH3+]. The van der Waals surface area contributed by atoms with Gasteiger partial charge in [0.05, 0.1) is 40.0 Å². The maximum absolute atomic E-state index is 8.89. The number of nitrogens with zero attached hydrogens (tertiary/aromatic N) is 8. The third-order valence-corrected chi connectivity index (χ3v) is 5.59. The van der Waals surface area contributed by atoms with Crippen LogP contribution in [0.5, 0.6) is 0 Å². The van der Waals surface area contributed by atoms with Crippen molar-refractivity contribution in [2.24, 2.45) is 0 Å². The fraction of sp³-hybridized carbons (Fsp3) is 0.226. The summed E-state index contributed by atoms with van der Waals surface area (Å²) in [7, 11) is 4.07. The minimum Gasteiger partial charge on any atom is -0.550 e. The van der Waals surface area contributed by atoms with E-state index in [0.29, 0.717) is 22.7 Å². The molecule has 0 bridgehead atoms. The summed E-state index contributed by atoms with van der Waals surface area (Å²) in [6.45, 7) is 3.39. The molecule has 19 heteroatoms. The summed E-state index contributed by atoms with van der Waals surface area (Å²) >= 11 is 0. The van der Waals surface area contributed by atoms with Crippen LogP contribution in [0.25, 0.3) is 22.3 Å². The molecule has 6 N–H and O–H groups in total. The molecule has 18 nitrogen and oxygen atoms in total. The first-order chi connectivity index (χ1) is 23.2. The van der Waals surface area contributed by atoms with Gasteiger partial charge in [-0.25, -0.2) is 40.9 Å². The largest absolute Gasteiger partial charge is 2.00 e. The molecule has 0 atom stereocenters. The van der Waals surface area contributed by atoms with Crippen molar-refractivity contribution in [2.75, 3.05) is 32.3 Å². The number of anilines is 2. The average Bonchev–Trinajstić information content (AvgIpc) is 3.68. The molecule has 0 saturated carbocycles. The minimum atomic E-state index is -1.08. The van der Waals surface area contributed by atoms with E-state index in [-0.39, 0.29) is 32.8 Å². The number of aliphatic carboxylic acids is 2. The van der Waals surface area contributed by atoms with Crippen LogP contribution in [0.4, 0.5) is 11.6 Å². The van der Waals surface area contributed by atoms with Crippen LogP contribution in [0.3, 0.4) is 0 Å². The van der Waals surface area contributed by atoms with E-state index in [1.54, 1.807) is 12.7 Å². The first kappa shape index (κ1) is 44.8. The third kappa shape index (κ3) is 14.9. The number of carbonyl (C=O) groups is 2. The van der Waals surface area contributed by atoms with Crippen molar-refractivity contribution in [2.45, 2.75) is 26.9 Å². The number of fused-ring (bicyclic) bond motifs is 2. The van der Waals surface area contributed by atoms with Gasteiger partial charge in [0, 0.05) is 19.0 Å². The van der Waals surface area contributed by atoms with E-state index in [4.69, 9.17) is 34.6 Å². The Morgan fingerprint density at radius 2 is 0.980 bits per heavy atom. The molecule has 6 rings (SSSR count). The van der Waals surface area contributed by atoms with Crippen molar-refractivity contribution >= 4 is 45.9 Å². The molecule has 6 aromatic rings. The second-order valence-electron chi connectivity index (χ2n) is 9.10. The van der Waals surface area contributed by atoms with Gasteiger partial charge in [0.15, 0.2) is 34.0 Å². The zero-order valence-corrected chi connectivity index (χ0v) is 32.3. The number of imidazole rings is 2. The quantitative estimate of drug-likeness (QED) is 0.103. The van der Waals surface area contributed by atoms with Crippen LogP contribution in [-0.4, -0.2) is 77.4 Å². The molecule has 50 heavy (non-hydrogen) atoms. The Hall–Kier alpha value is -5.16. The van der Waals surface area contributed by atoms with Crippen molar-refractivity contribution in [3.63, 3.8) is 0 Å². The smallest absolute Gasteiger partial charge is 0.550 e. The first-order valence-corrected chi connectivity index (χ1v) is 14.0. The topological polar surface area (TPSA) is 263 Å². The molecule has 2 aromatic carbocycles. The number of aliphatic hydroxyl groups is 1. The Bertz CT molecular complexity index is 1690. The molecule has 262 valence electrons. The number of aliphatic hydroxyl groups excluding tert-OH is 1. The van der Waals surface area contributed by atoms with Gasteiger partial charge < -0.3 is 39.5 Å². The number of nitrogens with one attached hydrogen (secondary N) is 2. The molecule has 0 radical (unpaired) electrons.